The topological polar surface area (TPSA) is 55.1 Å². The number of terminal acetylenes is 1. The fraction of sp³-hybridized carbons (Fsp3) is 0.750. The summed E-state index contributed by atoms with van der Waals surface area (Å²) in [5.74, 6) is 2.28. The first-order valence-corrected chi connectivity index (χ1v) is 6.88. The molecule has 0 aromatic heterocycles. The van der Waals surface area contributed by atoms with Crippen molar-refractivity contribution in [1.82, 2.24) is 5.32 Å². The number of carbonyl (C=O) groups excluding carboxylic acids is 1. The minimum Gasteiger partial charge on any atom is -0.353 e. The summed E-state index contributed by atoms with van der Waals surface area (Å²) in [5.41, 5.74) is 5.64. The summed E-state index contributed by atoms with van der Waals surface area (Å²) >= 11 is 1.85. The minimum atomic E-state index is -0.565. The maximum absolute atomic E-state index is 11.6. The zero-order valence-corrected chi connectivity index (χ0v) is 10.6. The number of rotatable bonds is 5. The smallest absolute Gasteiger partial charge is 0.237 e. The van der Waals surface area contributed by atoms with E-state index in [0.717, 1.165) is 0 Å². The Hall–Kier alpha value is -0.660. The maximum Gasteiger partial charge on any atom is 0.237 e. The Morgan fingerprint density at radius 2 is 2.25 bits per heavy atom. The van der Waals surface area contributed by atoms with Crippen molar-refractivity contribution < 1.29 is 4.79 Å². The van der Waals surface area contributed by atoms with E-state index < -0.39 is 6.04 Å². The predicted octanol–water partition coefficient (Wildman–Crippen LogP) is 1.13. The first-order valence-electron chi connectivity index (χ1n) is 5.65. The lowest BCUT2D eigenvalue weighted by Crippen LogP contribution is -2.45. The highest BCUT2D eigenvalue weighted by atomic mass is 32.2. The molecule has 0 spiro atoms. The van der Waals surface area contributed by atoms with Gasteiger partial charge < -0.3 is 11.1 Å². The summed E-state index contributed by atoms with van der Waals surface area (Å²) in [6, 6.07) is -0.565. The molecule has 0 aliphatic heterocycles. The average Bonchev–Trinajstić information content (AvgIpc) is 2.75. The number of nitrogens with one attached hydrogen (secondary N) is 1. The number of thioether (sulfide) groups is 1. The van der Waals surface area contributed by atoms with Gasteiger partial charge in [0.2, 0.25) is 5.91 Å². The molecule has 1 rings (SSSR count). The van der Waals surface area contributed by atoms with Crippen molar-refractivity contribution in [1.29, 1.82) is 0 Å². The molecule has 1 aliphatic carbocycles. The number of hydrogen-bond acceptors (Lipinski definition) is 3. The van der Waals surface area contributed by atoms with E-state index in [2.05, 4.69) is 17.5 Å². The van der Waals surface area contributed by atoms with Gasteiger partial charge in [0.1, 0.15) is 0 Å². The van der Waals surface area contributed by atoms with Crippen LogP contribution in [0.5, 0.6) is 0 Å². The van der Waals surface area contributed by atoms with Crippen molar-refractivity contribution in [3.05, 3.63) is 0 Å². The van der Waals surface area contributed by atoms with Crippen molar-refractivity contribution in [3.63, 3.8) is 0 Å². The zero-order chi connectivity index (χ0) is 12.0. The van der Waals surface area contributed by atoms with Gasteiger partial charge in [-0.25, -0.2) is 0 Å². The van der Waals surface area contributed by atoms with Gasteiger partial charge >= 0.3 is 0 Å². The minimum absolute atomic E-state index is 0.127. The molecule has 1 atom stereocenters. The molecule has 0 radical (unpaired) electrons. The van der Waals surface area contributed by atoms with Gasteiger partial charge in [0, 0.05) is 17.7 Å². The Kier molecular flexibility index (Phi) is 5.17. The largest absolute Gasteiger partial charge is 0.353 e. The number of nitrogens with two attached hydrogens (primary N) is 1. The van der Waals surface area contributed by atoms with Crippen molar-refractivity contribution in [2.24, 2.45) is 5.73 Å². The molecule has 0 bridgehead atoms. The van der Waals surface area contributed by atoms with E-state index in [1.54, 1.807) is 0 Å². The van der Waals surface area contributed by atoms with E-state index in [4.69, 9.17) is 12.2 Å². The van der Waals surface area contributed by atoms with Crippen LogP contribution in [0.2, 0.25) is 0 Å². The van der Waals surface area contributed by atoms with Crippen molar-refractivity contribution in [2.75, 3.05) is 12.8 Å². The summed E-state index contributed by atoms with van der Waals surface area (Å²) in [5, 5.41) is 2.92. The van der Waals surface area contributed by atoms with Gasteiger partial charge in [-0.15, -0.1) is 12.3 Å². The Labute approximate surface area is 102 Å². The third kappa shape index (κ3) is 3.43. The third-order valence-corrected chi connectivity index (χ3v) is 4.63. The third-order valence-electron chi connectivity index (χ3n) is 3.21. The normalized spacial score (nSPS) is 20.1. The maximum atomic E-state index is 11.6. The molecule has 0 heterocycles. The Morgan fingerprint density at radius 3 is 2.75 bits per heavy atom. The Bertz CT molecular complexity index is 279. The lowest BCUT2D eigenvalue weighted by molar-refractivity contribution is -0.122. The van der Waals surface area contributed by atoms with Crippen LogP contribution in [0.1, 0.15) is 32.1 Å². The van der Waals surface area contributed by atoms with Gasteiger partial charge in [-0.3, -0.25) is 4.79 Å². The second kappa shape index (κ2) is 6.17. The highest BCUT2D eigenvalue weighted by Crippen LogP contribution is 2.39. The number of amides is 1. The monoisotopic (exact) mass is 240 g/mol. The van der Waals surface area contributed by atoms with E-state index in [0.29, 0.717) is 13.0 Å². The van der Waals surface area contributed by atoms with E-state index in [-0.39, 0.29) is 10.7 Å². The first kappa shape index (κ1) is 13.4. The van der Waals surface area contributed by atoms with Crippen LogP contribution in [0, 0.1) is 12.3 Å². The Balaban J connectivity index is 2.38. The van der Waals surface area contributed by atoms with Crippen LogP contribution < -0.4 is 11.1 Å². The summed E-state index contributed by atoms with van der Waals surface area (Å²) in [4.78, 5) is 11.6. The summed E-state index contributed by atoms with van der Waals surface area (Å²) < 4.78 is 0.228. The van der Waals surface area contributed by atoms with Gasteiger partial charge in [-0.1, -0.05) is 12.8 Å². The van der Waals surface area contributed by atoms with Crippen LogP contribution >= 0.6 is 11.8 Å². The summed E-state index contributed by atoms with van der Waals surface area (Å²) in [7, 11) is 0. The predicted molar refractivity (Wildman–Crippen MR) is 69.1 cm³/mol. The highest BCUT2D eigenvalue weighted by Gasteiger charge is 2.33. The molecule has 0 aromatic rings. The Morgan fingerprint density at radius 1 is 1.62 bits per heavy atom. The van der Waals surface area contributed by atoms with Gasteiger partial charge in [0.25, 0.3) is 0 Å². The molecule has 16 heavy (non-hydrogen) atoms. The summed E-state index contributed by atoms with van der Waals surface area (Å²) in [6.45, 7) is 0.714. The van der Waals surface area contributed by atoms with Gasteiger partial charge in [0.05, 0.1) is 6.04 Å². The van der Waals surface area contributed by atoms with Gasteiger partial charge in [0.15, 0.2) is 0 Å². The average molecular weight is 240 g/mol. The molecular formula is C12H20N2OS. The van der Waals surface area contributed by atoms with Crippen molar-refractivity contribution in [3.8, 4) is 12.3 Å². The second-order valence-corrected chi connectivity index (χ2v) is 5.60. The van der Waals surface area contributed by atoms with Crippen LogP contribution in [0.3, 0.4) is 0 Å². The van der Waals surface area contributed by atoms with Crippen molar-refractivity contribution in [2.45, 2.75) is 42.9 Å². The molecule has 4 heteroatoms. The molecule has 3 N–H and O–H groups in total. The fourth-order valence-corrected chi connectivity index (χ4v) is 2.98. The van der Waals surface area contributed by atoms with Crippen LogP contribution in [0.4, 0.5) is 0 Å². The van der Waals surface area contributed by atoms with Gasteiger partial charge in [-0.05, 0) is 19.1 Å². The zero-order valence-electron chi connectivity index (χ0n) is 9.79. The highest BCUT2D eigenvalue weighted by molar-refractivity contribution is 8.00. The first-order chi connectivity index (χ1) is 7.63. The van der Waals surface area contributed by atoms with Crippen LogP contribution in [0.15, 0.2) is 0 Å². The van der Waals surface area contributed by atoms with E-state index in [1.165, 1.54) is 25.7 Å². The lowest BCUT2D eigenvalue weighted by Gasteiger charge is -2.27. The molecule has 90 valence electrons. The SMILES string of the molecule is C#CCC(N)C(=O)NCC1(SC)CCCC1. The molecule has 3 nitrogen and oxygen atoms in total. The van der Waals surface area contributed by atoms with Crippen LogP contribution in [-0.4, -0.2) is 29.5 Å². The summed E-state index contributed by atoms with van der Waals surface area (Å²) in [6.07, 6.45) is 12.4. The second-order valence-electron chi connectivity index (χ2n) is 4.33. The molecule has 1 amide bonds. The molecule has 0 saturated heterocycles. The lowest BCUT2D eigenvalue weighted by atomic mass is 10.1. The van der Waals surface area contributed by atoms with Crippen LogP contribution in [-0.2, 0) is 4.79 Å². The molecule has 1 aliphatic rings. The number of carbonyl (C=O) groups is 1. The standard InChI is InChI=1S/C12H20N2OS/c1-3-6-10(13)11(15)14-9-12(16-2)7-4-5-8-12/h1,10H,4-9,13H2,2H3,(H,14,15). The van der Waals surface area contributed by atoms with E-state index >= 15 is 0 Å². The van der Waals surface area contributed by atoms with Crippen molar-refractivity contribution >= 4 is 17.7 Å². The number of hydrogen-bond donors (Lipinski definition) is 2. The molecule has 1 saturated carbocycles. The fourth-order valence-electron chi connectivity index (χ4n) is 2.07. The molecular weight excluding hydrogens is 220 g/mol. The van der Waals surface area contributed by atoms with E-state index in [1.807, 2.05) is 11.8 Å². The molecule has 1 fully saturated rings. The quantitative estimate of drug-likeness (QED) is 0.708. The molecule has 0 aromatic carbocycles. The van der Waals surface area contributed by atoms with Gasteiger partial charge in [-0.2, -0.15) is 11.8 Å². The van der Waals surface area contributed by atoms with Crippen LogP contribution in [0.25, 0.3) is 0 Å². The van der Waals surface area contributed by atoms with E-state index in [9.17, 15) is 4.79 Å². The molecule has 1 unspecified atom stereocenters.